The molecular weight excluding hydrogens is 997 g/mol. The third kappa shape index (κ3) is 66.5. The smallest absolute Gasteiger partial charge is 0.306 e. The number of carbonyl (C=O) groups excluding carboxylic acids is 3. The third-order valence-corrected chi connectivity index (χ3v) is 14.5. The molecule has 0 amide bonds. The molecule has 0 spiro atoms. The lowest BCUT2D eigenvalue weighted by Gasteiger charge is -2.18. The maximum Gasteiger partial charge on any atom is 0.306 e. The number of rotatable bonds is 61. The Balaban J connectivity index is 4.28. The highest BCUT2D eigenvalue weighted by Crippen LogP contribution is 2.16. The molecule has 6 heteroatoms. The molecule has 0 aliphatic heterocycles. The van der Waals surface area contributed by atoms with Gasteiger partial charge in [-0.05, 0) is 116 Å². The molecule has 0 bridgehead atoms. The summed E-state index contributed by atoms with van der Waals surface area (Å²) >= 11 is 0. The number of ether oxygens (including phenoxy) is 3. The van der Waals surface area contributed by atoms with Gasteiger partial charge in [-0.2, -0.15) is 0 Å². The predicted molar refractivity (Wildman–Crippen MR) is 353 cm³/mol. The quantitative estimate of drug-likeness (QED) is 0.0261. The van der Waals surface area contributed by atoms with E-state index in [-0.39, 0.29) is 31.1 Å². The Morgan fingerprint density at radius 2 is 0.481 bits per heavy atom. The summed E-state index contributed by atoms with van der Waals surface area (Å²) in [5.74, 6) is -0.933. The number of hydrogen-bond donors (Lipinski definition) is 0. The fourth-order valence-electron chi connectivity index (χ4n) is 9.37. The van der Waals surface area contributed by atoms with Gasteiger partial charge in [0.1, 0.15) is 13.2 Å². The van der Waals surface area contributed by atoms with Gasteiger partial charge in [0.25, 0.3) is 0 Å². The summed E-state index contributed by atoms with van der Waals surface area (Å²) < 4.78 is 16.9. The van der Waals surface area contributed by atoms with E-state index in [0.29, 0.717) is 19.3 Å². The molecule has 0 saturated carbocycles. The van der Waals surface area contributed by atoms with E-state index in [2.05, 4.69) is 142 Å². The minimum absolute atomic E-state index is 0.0914. The first-order valence-electron chi connectivity index (χ1n) is 34.0. The van der Waals surface area contributed by atoms with E-state index in [1.807, 2.05) is 0 Å². The topological polar surface area (TPSA) is 78.9 Å². The SMILES string of the molecule is CC/C=C\C/C=C\C/C=C\C/C=C\C/C=C\C/C=C\C/C=C\C/C=C\CCCCC(=O)OCC(COC(=O)CCCCCCCCCCC)OC(=O)CCCCCCCCCCCCCCCCC/C=C\C/C=C\CCCCCCC. The van der Waals surface area contributed by atoms with Crippen LogP contribution < -0.4 is 0 Å². The van der Waals surface area contributed by atoms with E-state index in [4.69, 9.17) is 14.2 Å². The van der Waals surface area contributed by atoms with Crippen LogP contribution in [0.5, 0.6) is 0 Å². The molecule has 81 heavy (non-hydrogen) atoms. The van der Waals surface area contributed by atoms with Gasteiger partial charge in [-0.25, -0.2) is 0 Å². The molecule has 0 N–H and O–H groups in total. The summed E-state index contributed by atoms with van der Waals surface area (Å²) in [6.07, 6.45) is 95.2. The lowest BCUT2D eigenvalue weighted by Crippen LogP contribution is -2.30. The van der Waals surface area contributed by atoms with E-state index in [0.717, 1.165) is 116 Å². The summed E-state index contributed by atoms with van der Waals surface area (Å²) in [5, 5.41) is 0. The van der Waals surface area contributed by atoms with Crippen molar-refractivity contribution < 1.29 is 28.6 Å². The summed E-state index contributed by atoms with van der Waals surface area (Å²) in [7, 11) is 0. The Hall–Kier alpha value is -4.19. The molecule has 462 valence electrons. The maximum absolute atomic E-state index is 12.9. The fraction of sp³-hybridized carbons (Fsp3) is 0.693. The second-order valence-electron chi connectivity index (χ2n) is 22.4. The second kappa shape index (κ2) is 68.3. The fourth-order valence-corrected chi connectivity index (χ4v) is 9.37. The third-order valence-electron chi connectivity index (χ3n) is 14.5. The van der Waals surface area contributed by atoms with E-state index < -0.39 is 6.10 Å². The van der Waals surface area contributed by atoms with Gasteiger partial charge in [-0.3, -0.25) is 14.4 Å². The van der Waals surface area contributed by atoms with Crippen LogP contribution in [0.15, 0.2) is 122 Å². The van der Waals surface area contributed by atoms with Gasteiger partial charge in [-0.1, -0.05) is 303 Å². The van der Waals surface area contributed by atoms with Gasteiger partial charge in [0.2, 0.25) is 0 Å². The van der Waals surface area contributed by atoms with Gasteiger partial charge in [0.05, 0.1) is 0 Å². The molecular formula is C75H126O6. The first kappa shape index (κ1) is 76.8. The van der Waals surface area contributed by atoms with Gasteiger partial charge in [-0.15, -0.1) is 0 Å². The number of allylic oxidation sites excluding steroid dienone is 20. The molecule has 0 heterocycles. The zero-order chi connectivity index (χ0) is 58.5. The minimum atomic E-state index is -0.798. The van der Waals surface area contributed by atoms with E-state index in [1.54, 1.807) is 0 Å². The largest absolute Gasteiger partial charge is 0.462 e. The summed E-state index contributed by atoms with van der Waals surface area (Å²) in [6.45, 7) is 6.48. The zero-order valence-electron chi connectivity index (χ0n) is 53.0. The van der Waals surface area contributed by atoms with Crippen molar-refractivity contribution in [2.24, 2.45) is 0 Å². The van der Waals surface area contributed by atoms with Crippen molar-refractivity contribution in [3.05, 3.63) is 122 Å². The number of hydrogen-bond acceptors (Lipinski definition) is 6. The lowest BCUT2D eigenvalue weighted by molar-refractivity contribution is -0.167. The molecule has 0 aromatic heterocycles. The van der Waals surface area contributed by atoms with Crippen molar-refractivity contribution in [1.82, 2.24) is 0 Å². The highest BCUT2D eigenvalue weighted by Gasteiger charge is 2.19. The summed E-state index contributed by atoms with van der Waals surface area (Å²) in [6, 6.07) is 0. The lowest BCUT2D eigenvalue weighted by atomic mass is 10.0. The summed E-state index contributed by atoms with van der Waals surface area (Å²) in [4.78, 5) is 38.2. The van der Waals surface area contributed by atoms with Crippen molar-refractivity contribution in [2.75, 3.05) is 13.2 Å². The molecule has 0 rings (SSSR count). The van der Waals surface area contributed by atoms with Crippen LogP contribution in [0, 0.1) is 0 Å². The molecule has 0 aliphatic rings. The molecule has 0 aliphatic carbocycles. The minimum Gasteiger partial charge on any atom is -0.462 e. The Bertz CT molecular complexity index is 1670. The average molecular weight is 1120 g/mol. The monoisotopic (exact) mass is 1120 g/mol. The van der Waals surface area contributed by atoms with Crippen LogP contribution in [0.4, 0.5) is 0 Å². The number of esters is 3. The van der Waals surface area contributed by atoms with Gasteiger partial charge in [0.15, 0.2) is 6.10 Å². The molecule has 6 nitrogen and oxygen atoms in total. The van der Waals surface area contributed by atoms with Crippen molar-refractivity contribution in [3.63, 3.8) is 0 Å². The molecule has 0 aromatic carbocycles. The second-order valence-corrected chi connectivity index (χ2v) is 22.4. The van der Waals surface area contributed by atoms with Crippen molar-refractivity contribution in [3.8, 4) is 0 Å². The van der Waals surface area contributed by atoms with E-state index in [1.165, 1.54) is 161 Å². The van der Waals surface area contributed by atoms with Crippen molar-refractivity contribution in [1.29, 1.82) is 0 Å². The predicted octanol–water partition coefficient (Wildman–Crippen LogP) is 23.6. The number of carbonyl (C=O) groups is 3. The van der Waals surface area contributed by atoms with Crippen LogP contribution in [0.1, 0.15) is 316 Å². The maximum atomic E-state index is 12.9. The van der Waals surface area contributed by atoms with Crippen LogP contribution in [-0.4, -0.2) is 37.2 Å². The van der Waals surface area contributed by atoms with Crippen molar-refractivity contribution in [2.45, 2.75) is 322 Å². The molecule has 0 saturated heterocycles. The van der Waals surface area contributed by atoms with Crippen LogP contribution in [0.3, 0.4) is 0 Å². The Morgan fingerprint density at radius 1 is 0.259 bits per heavy atom. The molecule has 1 atom stereocenters. The Kier molecular flexibility index (Phi) is 64.8. The highest BCUT2D eigenvalue weighted by molar-refractivity contribution is 5.71. The first-order valence-corrected chi connectivity index (χ1v) is 34.0. The Morgan fingerprint density at radius 3 is 0.778 bits per heavy atom. The van der Waals surface area contributed by atoms with Crippen LogP contribution >= 0.6 is 0 Å². The Labute approximate surface area is 501 Å². The molecule has 0 radical (unpaired) electrons. The average Bonchev–Trinajstić information content (AvgIpc) is 3.47. The van der Waals surface area contributed by atoms with Gasteiger partial charge >= 0.3 is 17.9 Å². The van der Waals surface area contributed by atoms with Crippen LogP contribution in [0.25, 0.3) is 0 Å². The van der Waals surface area contributed by atoms with Crippen LogP contribution in [0.2, 0.25) is 0 Å². The normalized spacial score (nSPS) is 12.9. The van der Waals surface area contributed by atoms with E-state index in [9.17, 15) is 14.4 Å². The molecule has 0 aromatic rings. The zero-order valence-corrected chi connectivity index (χ0v) is 53.0. The number of unbranched alkanes of at least 4 members (excludes halogenated alkanes) is 30. The standard InChI is InChI=1S/C75H126O6/c1-4-7-10-13-16-19-21-23-25-27-29-31-33-35-37-39-41-43-45-47-49-51-53-56-59-62-65-68-74(77)80-71-72(70-79-73(76)67-64-61-58-55-18-15-12-9-6-3)81-75(78)69-66-63-60-57-54-52-50-48-46-44-42-40-38-36-34-32-30-28-26-24-22-20-17-14-11-8-5-2/h7,10,16,19,22-25,28-31,35,37,41,43,47,49,53,56,72H,4-6,8-9,11-15,17-18,20-21,26-27,32-34,36,38-40,42,44-46,48,50-52,54-55,57-71H2,1-3H3/b10-7-,19-16-,24-22-,25-23-,30-28-,31-29-,37-35-,43-41-,49-47-,56-53-. The van der Waals surface area contributed by atoms with Crippen molar-refractivity contribution >= 4 is 17.9 Å². The summed E-state index contributed by atoms with van der Waals surface area (Å²) in [5.41, 5.74) is 0. The molecule has 0 fully saturated rings. The first-order chi connectivity index (χ1) is 40.0. The molecule has 1 unspecified atom stereocenters. The van der Waals surface area contributed by atoms with E-state index >= 15 is 0 Å². The van der Waals surface area contributed by atoms with Crippen LogP contribution in [-0.2, 0) is 28.6 Å². The highest BCUT2D eigenvalue weighted by atomic mass is 16.6. The van der Waals surface area contributed by atoms with Gasteiger partial charge in [0, 0.05) is 19.3 Å². The van der Waals surface area contributed by atoms with Gasteiger partial charge < -0.3 is 14.2 Å².